The molecule has 5 rings (SSSR count). The molecule has 10 heteroatoms. The maximum atomic E-state index is 13.7. The molecular formula is C29H29N3O5S2. The van der Waals surface area contributed by atoms with E-state index in [0.717, 1.165) is 31.3 Å². The summed E-state index contributed by atoms with van der Waals surface area (Å²) in [4.78, 5) is 32.6. The van der Waals surface area contributed by atoms with Gasteiger partial charge in [-0.2, -0.15) is 4.31 Å². The molecule has 0 saturated carbocycles. The smallest absolute Gasteiger partial charge is 0.252 e. The van der Waals surface area contributed by atoms with Gasteiger partial charge in [-0.05, 0) is 86.5 Å². The van der Waals surface area contributed by atoms with E-state index in [1.165, 1.54) is 23.5 Å². The van der Waals surface area contributed by atoms with Gasteiger partial charge < -0.3 is 4.74 Å². The van der Waals surface area contributed by atoms with Crippen molar-refractivity contribution < 1.29 is 22.7 Å². The first kappa shape index (κ1) is 27.0. The highest BCUT2D eigenvalue weighted by atomic mass is 32.2. The second-order valence-corrected chi connectivity index (χ2v) is 12.5. The van der Waals surface area contributed by atoms with Crippen molar-refractivity contribution in [1.29, 1.82) is 0 Å². The van der Waals surface area contributed by atoms with Gasteiger partial charge in [-0.25, -0.2) is 18.3 Å². The number of thiazole rings is 1. The molecule has 1 aromatic heterocycles. The van der Waals surface area contributed by atoms with Gasteiger partial charge in [-0.1, -0.05) is 13.0 Å². The van der Waals surface area contributed by atoms with Crippen LogP contribution in [0.1, 0.15) is 32.3 Å². The maximum Gasteiger partial charge on any atom is 0.252 e. The molecule has 2 amide bonds. The van der Waals surface area contributed by atoms with Crippen molar-refractivity contribution in [2.24, 2.45) is 0 Å². The van der Waals surface area contributed by atoms with Crippen LogP contribution in [0.25, 0.3) is 20.8 Å². The lowest BCUT2D eigenvalue weighted by molar-refractivity contribution is -0.122. The number of ether oxygens (including phenoxy) is 1. The van der Waals surface area contributed by atoms with Gasteiger partial charge in [0.2, 0.25) is 15.9 Å². The third-order valence-electron chi connectivity index (χ3n) is 7.01. The van der Waals surface area contributed by atoms with Crippen LogP contribution in [0, 0.1) is 6.92 Å². The van der Waals surface area contributed by atoms with E-state index in [9.17, 15) is 18.0 Å². The Balaban J connectivity index is 1.43. The number of carbonyl (C=O) groups is 2. The highest BCUT2D eigenvalue weighted by Gasteiger charge is 2.48. The number of hydrogen-bond donors (Lipinski definition) is 0. The monoisotopic (exact) mass is 563 g/mol. The molecule has 1 aliphatic rings. The molecule has 0 bridgehead atoms. The van der Waals surface area contributed by atoms with Gasteiger partial charge in [0.05, 0.1) is 34.3 Å². The molecule has 2 unspecified atom stereocenters. The summed E-state index contributed by atoms with van der Waals surface area (Å²) < 4.78 is 34.8. The first-order chi connectivity index (χ1) is 18.6. The fourth-order valence-electron chi connectivity index (χ4n) is 4.76. The van der Waals surface area contributed by atoms with Crippen LogP contribution in [0.2, 0.25) is 0 Å². The normalized spacial score (nSPS) is 16.8. The van der Waals surface area contributed by atoms with Gasteiger partial charge in [0.25, 0.3) is 5.91 Å². The van der Waals surface area contributed by atoms with Crippen molar-refractivity contribution in [1.82, 2.24) is 9.29 Å². The number of anilines is 1. The summed E-state index contributed by atoms with van der Waals surface area (Å²) in [5.74, 6) is -0.473. The molecule has 8 nitrogen and oxygen atoms in total. The van der Waals surface area contributed by atoms with Gasteiger partial charge in [0, 0.05) is 11.6 Å². The minimum absolute atomic E-state index is 0.0395. The van der Waals surface area contributed by atoms with Crippen LogP contribution in [0.4, 0.5) is 5.69 Å². The van der Waals surface area contributed by atoms with E-state index in [1.54, 1.807) is 42.5 Å². The predicted octanol–water partition coefficient (Wildman–Crippen LogP) is 5.40. The highest BCUT2D eigenvalue weighted by molar-refractivity contribution is 7.89. The molecule has 3 aromatic carbocycles. The van der Waals surface area contributed by atoms with Crippen molar-refractivity contribution in [3.63, 3.8) is 0 Å². The molecule has 4 aromatic rings. The Morgan fingerprint density at radius 2 is 1.77 bits per heavy atom. The topological polar surface area (TPSA) is 96.9 Å². The summed E-state index contributed by atoms with van der Waals surface area (Å²) in [7, 11) is -2.57. The van der Waals surface area contributed by atoms with Gasteiger partial charge in [-0.3, -0.25) is 9.59 Å². The molecule has 0 N–H and O–H groups in total. The standard InChI is InChI=1S/C29H29N3O5S2/c1-5-19(3)32(39(35,36)23-13-11-22(37-4)12-14-23)25-17-27(33)31(29(25)34)21-9-7-20(8-10-21)28-30-24-15-6-18(2)16-26(24)38-28/h6-16,19,25H,5,17H2,1-4H3. The number of sulfonamides is 1. The number of fused-ring (bicyclic) bond motifs is 1. The molecule has 39 heavy (non-hydrogen) atoms. The van der Waals surface area contributed by atoms with Crippen LogP contribution in [0.3, 0.4) is 0 Å². The molecule has 1 saturated heterocycles. The molecule has 0 spiro atoms. The quantitative estimate of drug-likeness (QED) is 0.266. The maximum absolute atomic E-state index is 13.7. The van der Waals surface area contributed by atoms with Crippen molar-refractivity contribution in [2.45, 2.75) is 50.6 Å². The molecule has 1 fully saturated rings. The summed E-state index contributed by atoms with van der Waals surface area (Å²) in [6, 6.07) is 17.6. The Bertz CT molecular complexity index is 1650. The zero-order chi connectivity index (χ0) is 27.9. The van der Waals surface area contributed by atoms with Crippen molar-refractivity contribution in [3.8, 4) is 16.3 Å². The zero-order valence-electron chi connectivity index (χ0n) is 22.1. The SMILES string of the molecule is CCC(C)N(C1CC(=O)N(c2ccc(-c3nc4ccc(C)cc4s3)cc2)C1=O)S(=O)(=O)c1ccc(OC)cc1. The molecule has 0 aliphatic carbocycles. The number of rotatable bonds is 8. The summed E-state index contributed by atoms with van der Waals surface area (Å²) in [5.41, 5.74) is 3.35. The number of aromatic nitrogens is 1. The van der Waals surface area contributed by atoms with Gasteiger partial charge >= 0.3 is 0 Å². The zero-order valence-corrected chi connectivity index (χ0v) is 23.8. The molecule has 1 aliphatic heterocycles. The van der Waals surface area contributed by atoms with E-state index < -0.39 is 33.9 Å². The number of benzene rings is 3. The largest absolute Gasteiger partial charge is 0.497 e. The van der Waals surface area contributed by atoms with Crippen LogP contribution in [-0.4, -0.2) is 48.7 Å². The van der Waals surface area contributed by atoms with E-state index in [4.69, 9.17) is 9.72 Å². The van der Waals surface area contributed by atoms with Crippen LogP contribution >= 0.6 is 11.3 Å². The molecular weight excluding hydrogens is 534 g/mol. The minimum Gasteiger partial charge on any atom is -0.497 e. The Morgan fingerprint density at radius 1 is 1.08 bits per heavy atom. The predicted molar refractivity (Wildman–Crippen MR) is 152 cm³/mol. The van der Waals surface area contributed by atoms with Gasteiger partial charge in [0.15, 0.2) is 0 Å². The Morgan fingerprint density at radius 3 is 2.41 bits per heavy atom. The van der Waals surface area contributed by atoms with Gasteiger partial charge in [-0.15, -0.1) is 11.3 Å². The Labute approximate surface area is 231 Å². The number of aryl methyl sites for hydroxylation is 1. The lowest BCUT2D eigenvalue weighted by Gasteiger charge is -2.31. The average molecular weight is 564 g/mol. The first-order valence-corrected chi connectivity index (χ1v) is 14.9. The first-order valence-electron chi connectivity index (χ1n) is 12.7. The summed E-state index contributed by atoms with van der Waals surface area (Å²) in [6.07, 6.45) is 0.251. The summed E-state index contributed by atoms with van der Waals surface area (Å²) >= 11 is 1.58. The number of nitrogens with zero attached hydrogens (tertiary/aromatic N) is 3. The Hall–Kier alpha value is -3.60. The molecule has 2 heterocycles. The molecule has 202 valence electrons. The fourth-order valence-corrected chi connectivity index (χ4v) is 7.67. The van der Waals surface area contributed by atoms with E-state index >= 15 is 0 Å². The summed E-state index contributed by atoms with van der Waals surface area (Å²) in [6.45, 7) is 5.63. The molecule has 2 atom stereocenters. The van der Waals surface area contributed by atoms with Crippen LogP contribution < -0.4 is 9.64 Å². The third kappa shape index (κ3) is 4.95. The van der Waals surface area contributed by atoms with E-state index in [-0.39, 0.29) is 11.3 Å². The molecule has 0 radical (unpaired) electrons. The van der Waals surface area contributed by atoms with E-state index in [0.29, 0.717) is 17.9 Å². The van der Waals surface area contributed by atoms with Crippen LogP contribution in [-0.2, 0) is 19.6 Å². The van der Waals surface area contributed by atoms with Crippen molar-refractivity contribution in [3.05, 3.63) is 72.3 Å². The Kier molecular flexibility index (Phi) is 7.28. The second-order valence-electron chi connectivity index (χ2n) is 9.59. The average Bonchev–Trinajstić information content (AvgIpc) is 3.48. The van der Waals surface area contributed by atoms with Crippen LogP contribution in [0.5, 0.6) is 5.75 Å². The number of carbonyl (C=O) groups excluding carboxylic acids is 2. The minimum atomic E-state index is -4.07. The number of hydrogen-bond acceptors (Lipinski definition) is 7. The lowest BCUT2D eigenvalue weighted by atomic mass is 10.2. The fraction of sp³-hybridized carbons (Fsp3) is 0.276. The van der Waals surface area contributed by atoms with E-state index in [1.807, 2.05) is 38.1 Å². The van der Waals surface area contributed by atoms with Gasteiger partial charge in [0.1, 0.15) is 16.8 Å². The third-order valence-corrected chi connectivity index (χ3v) is 10.1. The second kappa shape index (κ2) is 10.5. The van der Waals surface area contributed by atoms with Crippen LogP contribution in [0.15, 0.2) is 71.6 Å². The highest BCUT2D eigenvalue weighted by Crippen LogP contribution is 2.35. The van der Waals surface area contributed by atoms with Crippen molar-refractivity contribution in [2.75, 3.05) is 12.0 Å². The number of imide groups is 1. The number of amides is 2. The lowest BCUT2D eigenvalue weighted by Crippen LogP contribution is -2.49. The number of methoxy groups -OCH3 is 1. The van der Waals surface area contributed by atoms with Crippen molar-refractivity contribution >= 4 is 49.1 Å². The van der Waals surface area contributed by atoms with E-state index in [2.05, 4.69) is 6.07 Å². The summed E-state index contributed by atoms with van der Waals surface area (Å²) in [5, 5.41) is 0.840.